The normalized spacial score (nSPS) is 13.1. The summed E-state index contributed by atoms with van der Waals surface area (Å²) in [7, 11) is -2.14. The van der Waals surface area contributed by atoms with E-state index in [1.54, 1.807) is 0 Å². The number of rotatable bonds is 3. The number of hydrogen-bond donors (Lipinski definition) is 0. The van der Waals surface area contributed by atoms with Gasteiger partial charge in [-0.25, -0.2) is 0 Å². The lowest BCUT2D eigenvalue weighted by Gasteiger charge is -2.38. The zero-order valence-electron chi connectivity index (χ0n) is 9.89. The summed E-state index contributed by atoms with van der Waals surface area (Å²) in [5.41, 5.74) is -1.58. The van der Waals surface area contributed by atoms with Gasteiger partial charge in [0, 0.05) is 10.9 Å². The zero-order valence-corrected chi connectivity index (χ0v) is 11.6. The second kappa shape index (κ2) is 4.53. The van der Waals surface area contributed by atoms with Crippen LogP contribution in [0.5, 0.6) is 0 Å². The Morgan fingerprint density at radius 1 is 1.20 bits per heavy atom. The van der Waals surface area contributed by atoms with Gasteiger partial charge in [-0.2, -0.15) is 10.5 Å². The van der Waals surface area contributed by atoms with Crippen molar-refractivity contribution >= 4 is 19.9 Å². The summed E-state index contributed by atoms with van der Waals surface area (Å²) in [6, 6.07) is 3.98. The summed E-state index contributed by atoms with van der Waals surface area (Å²) in [5.74, 6) is 0. The van der Waals surface area contributed by atoms with Gasteiger partial charge in [0.15, 0.2) is 0 Å². The summed E-state index contributed by atoms with van der Waals surface area (Å²) < 4.78 is 5.72. The van der Waals surface area contributed by atoms with E-state index in [1.165, 1.54) is 0 Å². The van der Waals surface area contributed by atoms with Crippen molar-refractivity contribution in [3.8, 4) is 12.1 Å². The Labute approximate surface area is 97.7 Å². The molecule has 0 saturated heterocycles. The van der Waals surface area contributed by atoms with Crippen LogP contribution in [0.15, 0.2) is 0 Å². The molecule has 0 bridgehead atoms. The van der Waals surface area contributed by atoms with Crippen LogP contribution in [-0.2, 0) is 4.43 Å². The van der Waals surface area contributed by atoms with E-state index < -0.39 is 19.3 Å². The van der Waals surface area contributed by atoms with Crippen LogP contribution in [0.3, 0.4) is 0 Å². The van der Waals surface area contributed by atoms with Gasteiger partial charge in [-0.1, -0.05) is 20.8 Å². The first-order chi connectivity index (χ1) is 6.64. The summed E-state index contributed by atoms with van der Waals surface area (Å²) in [6.45, 7) is 9.25. The highest BCUT2D eigenvalue weighted by Gasteiger charge is 2.48. The van der Waals surface area contributed by atoms with E-state index >= 15 is 0 Å². The van der Waals surface area contributed by atoms with Crippen LogP contribution in [0.1, 0.15) is 20.8 Å². The van der Waals surface area contributed by atoms with E-state index in [1.807, 2.05) is 46.0 Å². The third kappa shape index (κ3) is 3.20. The molecular weight excluding hydrogens is 228 g/mol. The number of alkyl halides is 1. The molecule has 84 valence electrons. The van der Waals surface area contributed by atoms with Crippen molar-refractivity contribution < 1.29 is 4.43 Å². The van der Waals surface area contributed by atoms with Crippen LogP contribution >= 0.6 is 11.6 Å². The smallest absolute Gasteiger partial charge is 0.237 e. The van der Waals surface area contributed by atoms with E-state index in [4.69, 9.17) is 26.6 Å². The Kier molecular flexibility index (Phi) is 4.36. The van der Waals surface area contributed by atoms with E-state index in [0.29, 0.717) is 5.50 Å². The van der Waals surface area contributed by atoms with Gasteiger partial charge in [-0.15, -0.1) is 11.6 Å². The molecule has 0 unspecified atom stereocenters. The molecule has 0 N–H and O–H groups in total. The van der Waals surface area contributed by atoms with Gasteiger partial charge in [0.2, 0.25) is 13.9 Å². The fraction of sp³-hybridized carbons (Fsp3) is 0.800. The van der Waals surface area contributed by atoms with Crippen molar-refractivity contribution in [1.82, 2.24) is 0 Å². The molecule has 0 aromatic heterocycles. The van der Waals surface area contributed by atoms with E-state index in [2.05, 4.69) is 0 Å². The molecule has 0 radical (unpaired) electrons. The SMILES string of the molecule is CC(C)(C)C(C#N)(C#N)O[Si](C)(C)CCl. The van der Waals surface area contributed by atoms with Crippen molar-refractivity contribution in [3.63, 3.8) is 0 Å². The lowest BCUT2D eigenvalue weighted by atomic mass is 9.78. The second-order valence-corrected chi connectivity index (χ2v) is 9.94. The maximum atomic E-state index is 9.15. The highest BCUT2D eigenvalue weighted by Crippen LogP contribution is 2.35. The third-order valence-electron chi connectivity index (χ3n) is 2.12. The maximum absolute atomic E-state index is 9.15. The lowest BCUT2D eigenvalue weighted by Crippen LogP contribution is -2.51. The average molecular weight is 245 g/mol. The van der Waals surface area contributed by atoms with Gasteiger partial charge in [-0.05, 0) is 13.1 Å². The summed E-state index contributed by atoms with van der Waals surface area (Å²) in [5, 5.41) is 18.3. The van der Waals surface area contributed by atoms with Crippen molar-refractivity contribution in [2.75, 3.05) is 5.50 Å². The Hall–Kier alpha value is -0.553. The average Bonchev–Trinajstić information content (AvgIpc) is 2.12. The molecule has 0 aliphatic heterocycles. The molecule has 0 aromatic rings. The van der Waals surface area contributed by atoms with Gasteiger partial charge < -0.3 is 4.43 Å². The summed E-state index contributed by atoms with van der Waals surface area (Å²) >= 11 is 5.78. The first-order valence-corrected chi connectivity index (χ1v) is 8.38. The predicted molar refractivity (Wildman–Crippen MR) is 62.7 cm³/mol. The molecule has 0 amide bonds. The van der Waals surface area contributed by atoms with Gasteiger partial charge in [0.05, 0.1) is 0 Å². The van der Waals surface area contributed by atoms with Crippen LogP contribution in [0.2, 0.25) is 13.1 Å². The Bertz CT molecular complexity index is 295. The molecule has 0 fully saturated rings. The van der Waals surface area contributed by atoms with Crippen LogP contribution in [0.4, 0.5) is 0 Å². The van der Waals surface area contributed by atoms with Crippen LogP contribution < -0.4 is 0 Å². The first-order valence-electron chi connectivity index (χ1n) is 4.73. The number of nitriles is 2. The number of hydrogen-bond acceptors (Lipinski definition) is 3. The standard InChI is InChI=1S/C10H17ClN2OSi/c1-9(2,3)10(6-12,7-13)14-15(4,5)8-11/h8H2,1-5H3. The summed E-state index contributed by atoms with van der Waals surface area (Å²) in [4.78, 5) is 0. The molecule has 0 aliphatic rings. The molecule has 0 atom stereocenters. The molecular formula is C10H17ClN2OSi. The molecule has 5 heteroatoms. The molecule has 0 rings (SSSR count). The largest absolute Gasteiger partial charge is 0.387 e. The Balaban J connectivity index is 5.21. The maximum Gasteiger partial charge on any atom is 0.237 e. The lowest BCUT2D eigenvalue weighted by molar-refractivity contribution is 0.0620. The van der Waals surface area contributed by atoms with Gasteiger partial charge >= 0.3 is 0 Å². The minimum atomic E-state index is -2.14. The molecule has 0 saturated carbocycles. The monoisotopic (exact) mass is 244 g/mol. The van der Waals surface area contributed by atoms with Gasteiger partial charge in [-0.3, -0.25) is 0 Å². The van der Waals surface area contributed by atoms with Crippen molar-refractivity contribution in [1.29, 1.82) is 10.5 Å². The van der Waals surface area contributed by atoms with Crippen LogP contribution in [0, 0.1) is 28.1 Å². The quantitative estimate of drug-likeness (QED) is 0.567. The number of halogens is 1. The predicted octanol–water partition coefficient (Wildman–Crippen LogP) is 2.82. The zero-order chi connectivity index (χ0) is 12.3. The van der Waals surface area contributed by atoms with Crippen molar-refractivity contribution in [2.45, 2.75) is 39.5 Å². The van der Waals surface area contributed by atoms with Gasteiger partial charge in [0.25, 0.3) is 0 Å². The van der Waals surface area contributed by atoms with Gasteiger partial charge in [0.1, 0.15) is 12.1 Å². The summed E-state index contributed by atoms with van der Waals surface area (Å²) in [6.07, 6.45) is 0. The molecule has 0 spiro atoms. The molecule has 0 aromatic carbocycles. The van der Waals surface area contributed by atoms with E-state index in [-0.39, 0.29) is 0 Å². The Morgan fingerprint density at radius 3 is 1.80 bits per heavy atom. The fourth-order valence-electron chi connectivity index (χ4n) is 1.00. The van der Waals surface area contributed by atoms with Crippen LogP contribution in [-0.4, -0.2) is 19.4 Å². The topological polar surface area (TPSA) is 56.8 Å². The van der Waals surface area contributed by atoms with Crippen molar-refractivity contribution in [2.24, 2.45) is 5.41 Å². The molecule has 3 nitrogen and oxygen atoms in total. The van der Waals surface area contributed by atoms with E-state index in [0.717, 1.165) is 0 Å². The van der Waals surface area contributed by atoms with Crippen LogP contribution in [0.25, 0.3) is 0 Å². The minimum Gasteiger partial charge on any atom is -0.387 e. The highest BCUT2D eigenvalue weighted by molar-refractivity contribution is 6.77. The third-order valence-corrected chi connectivity index (χ3v) is 5.56. The van der Waals surface area contributed by atoms with Crippen molar-refractivity contribution in [3.05, 3.63) is 0 Å². The number of nitrogens with zero attached hydrogens (tertiary/aromatic N) is 2. The van der Waals surface area contributed by atoms with E-state index in [9.17, 15) is 0 Å². The second-order valence-electron chi connectivity index (χ2n) is 5.15. The Morgan fingerprint density at radius 2 is 1.60 bits per heavy atom. The minimum absolute atomic E-state index is 0.369. The fourth-order valence-corrected chi connectivity index (χ4v) is 2.45. The molecule has 0 heterocycles. The highest BCUT2D eigenvalue weighted by atomic mass is 35.5. The first kappa shape index (κ1) is 14.4. The molecule has 0 aliphatic carbocycles. The molecule has 15 heavy (non-hydrogen) atoms.